The quantitative estimate of drug-likeness (QED) is 0.202. The predicted molar refractivity (Wildman–Crippen MR) is 127 cm³/mol. The number of rotatable bonds is 11. The average molecular weight is 441 g/mol. The molecule has 1 aliphatic rings. The van der Waals surface area contributed by atoms with Crippen LogP contribution >= 0.6 is 0 Å². The Labute approximate surface area is 192 Å². The lowest BCUT2D eigenvalue weighted by Crippen LogP contribution is -2.20. The van der Waals surface area contributed by atoms with Crippen LogP contribution in [-0.4, -0.2) is 12.6 Å². The van der Waals surface area contributed by atoms with Crippen molar-refractivity contribution in [2.45, 2.75) is 78.1 Å². The Morgan fingerprint density at radius 2 is 1.59 bits per heavy atom. The van der Waals surface area contributed by atoms with E-state index in [0.29, 0.717) is 17.7 Å². The van der Waals surface area contributed by atoms with E-state index in [-0.39, 0.29) is 11.6 Å². The van der Waals surface area contributed by atoms with Gasteiger partial charge in [0.1, 0.15) is 17.3 Å². The lowest BCUT2D eigenvalue weighted by atomic mass is 9.74. The summed E-state index contributed by atoms with van der Waals surface area (Å²) >= 11 is 0. The molecule has 0 aliphatic heterocycles. The highest BCUT2D eigenvalue weighted by atomic mass is 19.1. The summed E-state index contributed by atoms with van der Waals surface area (Å²) in [6.45, 7) is 4.64. The predicted octanol–water partition coefficient (Wildman–Crippen LogP) is 7.90. The van der Waals surface area contributed by atoms with Gasteiger partial charge in [0.25, 0.3) is 0 Å². The molecule has 2 aromatic carbocycles. The van der Waals surface area contributed by atoms with Crippen LogP contribution < -0.4 is 9.47 Å². The molecule has 2 atom stereocenters. The van der Waals surface area contributed by atoms with E-state index in [9.17, 15) is 9.18 Å². The van der Waals surface area contributed by atoms with Gasteiger partial charge in [0.2, 0.25) is 0 Å². The molecule has 2 unspecified atom stereocenters. The molecule has 0 N–H and O–H groups in total. The first-order valence-electron chi connectivity index (χ1n) is 12.3. The van der Waals surface area contributed by atoms with Gasteiger partial charge in [-0.1, -0.05) is 64.4 Å². The van der Waals surface area contributed by atoms with Crippen molar-refractivity contribution in [1.29, 1.82) is 0 Å². The maximum Gasteiger partial charge on any atom is 0.343 e. The van der Waals surface area contributed by atoms with Crippen LogP contribution in [0.2, 0.25) is 0 Å². The molecule has 3 nitrogen and oxygen atoms in total. The number of esters is 1. The summed E-state index contributed by atoms with van der Waals surface area (Å²) < 4.78 is 24.8. The van der Waals surface area contributed by atoms with E-state index in [1.807, 2.05) is 0 Å². The first kappa shape index (κ1) is 24.3. The van der Waals surface area contributed by atoms with Crippen molar-refractivity contribution in [2.24, 2.45) is 11.8 Å². The second-order valence-electron chi connectivity index (χ2n) is 9.12. The fourth-order valence-corrected chi connectivity index (χ4v) is 4.73. The fraction of sp³-hybridized carbons (Fsp3) is 0.536. The van der Waals surface area contributed by atoms with Crippen LogP contribution in [0.5, 0.6) is 11.5 Å². The van der Waals surface area contributed by atoms with Crippen molar-refractivity contribution in [3.05, 3.63) is 59.4 Å². The molecule has 4 heteroatoms. The van der Waals surface area contributed by atoms with Crippen LogP contribution in [0.1, 0.15) is 87.1 Å². The molecule has 3 rings (SSSR count). The minimum Gasteiger partial charge on any atom is -0.494 e. The topological polar surface area (TPSA) is 35.5 Å². The van der Waals surface area contributed by atoms with E-state index < -0.39 is 5.97 Å². The molecule has 2 aromatic rings. The molecule has 1 aliphatic carbocycles. The van der Waals surface area contributed by atoms with Crippen LogP contribution in [0.15, 0.2) is 42.5 Å². The molecule has 1 saturated carbocycles. The van der Waals surface area contributed by atoms with Crippen molar-refractivity contribution >= 4 is 5.97 Å². The molecule has 0 heterocycles. The highest BCUT2D eigenvalue weighted by Gasteiger charge is 2.24. The Bertz CT molecular complexity index is 846. The van der Waals surface area contributed by atoms with E-state index in [0.717, 1.165) is 24.0 Å². The van der Waals surface area contributed by atoms with Crippen LogP contribution in [0.3, 0.4) is 0 Å². The fourth-order valence-electron chi connectivity index (χ4n) is 4.73. The van der Waals surface area contributed by atoms with E-state index in [2.05, 4.69) is 6.92 Å². The second kappa shape index (κ2) is 12.6. The first-order chi connectivity index (χ1) is 15.6. The number of halogens is 1. The molecular formula is C28H37FO3. The lowest BCUT2D eigenvalue weighted by Gasteiger charge is -2.31. The summed E-state index contributed by atoms with van der Waals surface area (Å²) in [7, 11) is 0. The van der Waals surface area contributed by atoms with E-state index >= 15 is 0 Å². The van der Waals surface area contributed by atoms with E-state index in [1.165, 1.54) is 63.9 Å². The zero-order chi connectivity index (χ0) is 22.8. The third-order valence-electron chi connectivity index (χ3n) is 6.68. The van der Waals surface area contributed by atoms with Crippen LogP contribution in [0.25, 0.3) is 0 Å². The zero-order valence-electron chi connectivity index (χ0n) is 19.6. The molecule has 32 heavy (non-hydrogen) atoms. The molecule has 0 saturated heterocycles. The third-order valence-corrected chi connectivity index (χ3v) is 6.68. The normalized spacial score (nSPS) is 18.3. The van der Waals surface area contributed by atoms with Gasteiger partial charge in [-0.15, -0.1) is 0 Å². The van der Waals surface area contributed by atoms with Gasteiger partial charge in [0.15, 0.2) is 0 Å². The molecule has 0 amide bonds. The van der Waals surface area contributed by atoms with Crippen LogP contribution in [-0.2, 0) is 0 Å². The molecule has 0 spiro atoms. The summed E-state index contributed by atoms with van der Waals surface area (Å²) in [4.78, 5) is 12.3. The van der Waals surface area contributed by atoms with E-state index in [4.69, 9.17) is 9.47 Å². The molecule has 174 valence electrons. The van der Waals surface area contributed by atoms with Gasteiger partial charge in [0, 0.05) is 6.07 Å². The largest absolute Gasteiger partial charge is 0.494 e. The van der Waals surface area contributed by atoms with E-state index in [1.54, 1.807) is 43.3 Å². The summed E-state index contributed by atoms with van der Waals surface area (Å²) in [5.41, 5.74) is 0.928. The van der Waals surface area contributed by atoms with Gasteiger partial charge in [-0.25, -0.2) is 9.18 Å². The minimum atomic E-state index is -0.508. The molecular weight excluding hydrogens is 403 g/mol. The summed E-state index contributed by atoms with van der Waals surface area (Å²) in [5.74, 6) is 1.82. The molecule has 0 aromatic heterocycles. The number of carbonyl (C=O) groups is 1. The Morgan fingerprint density at radius 3 is 2.25 bits per heavy atom. The number of ether oxygens (including phenoxy) is 2. The number of hydrogen-bond acceptors (Lipinski definition) is 3. The van der Waals surface area contributed by atoms with Gasteiger partial charge in [-0.05, 0) is 67.5 Å². The van der Waals surface area contributed by atoms with Crippen molar-refractivity contribution < 1.29 is 18.7 Å². The molecule has 0 radical (unpaired) electrons. The Balaban J connectivity index is 1.41. The first-order valence-corrected chi connectivity index (χ1v) is 12.3. The van der Waals surface area contributed by atoms with Gasteiger partial charge < -0.3 is 9.47 Å². The molecule has 0 bridgehead atoms. The van der Waals surface area contributed by atoms with Crippen LogP contribution in [0.4, 0.5) is 4.39 Å². The Morgan fingerprint density at radius 1 is 0.938 bits per heavy atom. The Kier molecular flexibility index (Phi) is 9.58. The number of carbonyl (C=O) groups excluding carboxylic acids is 1. The van der Waals surface area contributed by atoms with Gasteiger partial charge >= 0.3 is 5.97 Å². The monoisotopic (exact) mass is 440 g/mol. The summed E-state index contributed by atoms with van der Waals surface area (Å²) in [6, 6.07) is 11.4. The highest BCUT2D eigenvalue weighted by Crippen LogP contribution is 2.36. The van der Waals surface area contributed by atoms with Crippen molar-refractivity contribution in [3.8, 4) is 11.5 Å². The zero-order valence-corrected chi connectivity index (χ0v) is 19.6. The number of hydrogen-bond donors (Lipinski definition) is 0. The summed E-state index contributed by atoms with van der Waals surface area (Å²) in [6.07, 6.45) is 13.3. The van der Waals surface area contributed by atoms with Gasteiger partial charge in [-0.2, -0.15) is 0 Å². The standard InChI is InChI=1S/C28H37FO3/c1-3-4-5-9-22-10-6-7-11-23(22)12-8-19-31-25-17-14-24(15-18-25)28(30)32-26-16-13-21(2)27(29)20-26/h13-18,20,22-23H,3-12,19H2,1-2H3. The highest BCUT2D eigenvalue weighted by molar-refractivity contribution is 5.91. The SMILES string of the molecule is CCCCCC1CCCCC1CCCOc1ccc(C(=O)Oc2ccc(C)c(F)c2)cc1. The average Bonchev–Trinajstić information content (AvgIpc) is 2.80. The van der Waals surface area contributed by atoms with Crippen molar-refractivity contribution in [3.63, 3.8) is 0 Å². The van der Waals surface area contributed by atoms with Gasteiger partial charge in [0.05, 0.1) is 12.2 Å². The molecule has 1 fully saturated rings. The number of unbranched alkanes of at least 4 members (excludes halogenated alkanes) is 2. The maximum absolute atomic E-state index is 13.6. The number of aryl methyl sites for hydroxylation is 1. The van der Waals surface area contributed by atoms with Crippen LogP contribution in [0, 0.1) is 24.6 Å². The number of benzene rings is 2. The third kappa shape index (κ3) is 7.36. The minimum absolute atomic E-state index is 0.203. The second-order valence-corrected chi connectivity index (χ2v) is 9.12. The van der Waals surface area contributed by atoms with Gasteiger partial charge in [-0.3, -0.25) is 0 Å². The van der Waals surface area contributed by atoms with Crippen molar-refractivity contribution in [2.75, 3.05) is 6.61 Å². The van der Waals surface area contributed by atoms with Crippen molar-refractivity contribution in [1.82, 2.24) is 0 Å². The lowest BCUT2D eigenvalue weighted by molar-refractivity contribution is 0.0734. The summed E-state index contributed by atoms with van der Waals surface area (Å²) in [5, 5.41) is 0. The smallest absolute Gasteiger partial charge is 0.343 e. The Hall–Kier alpha value is -2.36. The maximum atomic E-state index is 13.6.